The van der Waals surface area contributed by atoms with Crippen LogP contribution in [0, 0.1) is 12.3 Å². The molecule has 7 heteroatoms. The normalized spacial score (nSPS) is 19.4. The van der Waals surface area contributed by atoms with Gasteiger partial charge in [-0.05, 0) is 44.1 Å². The van der Waals surface area contributed by atoms with E-state index in [0.29, 0.717) is 10.3 Å². The lowest BCUT2D eigenvalue weighted by atomic mass is 9.76. The van der Waals surface area contributed by atoms with Crippen LogP contribution in [0.3, 0.4) is 0 Å². The second kappa shape index (κ2) is 5.89. The van der Waals surface area contributed by atoms with Gasteiger partial charge < -0.3 is 4.74 Å². The number of carbonyl (C=O) groups excluding carboxylic acids is 1. The van der Waals surface area contributed by atoms with E-state index in [-0.39, 0.29) is 15.9 Å². The van der Waals surface area contributed by atoms with Crippen molar-refractivity contribution in [2.75, 3.05) is 0 Å². The summed E-state index contributed by atoms with van der Waals surface area (Å²) in [5, 5.41) is 0. The lowest BCUT2D eigenvalue weighted by Gasteiger charge is -2.33. The fourth-order valence-corrected chi connectivity index (χ4v) is 5.05. The molecule has 0 atom stereocenters. The zero-order chi connectivity index (χ0) is 15.8. The van der Waals surface area contributed by atoms with Gasteiger partial charge in [0.25, 0.3) is 9.05 Å². The van der Waals surface area contributed by atoms with Crippen molar-refractivity contribution in [2.24, 2.45) is 5.41 Å². The first kappa shape index (κ1) is 16.8. The first-order valence-corrected chi connectivity index (χ1v) is 9.97. The maximum Gasteiger partial charge on any atom is 0.348 e. The Balaban J connectivity index is 2.05. The fraction of sp³-hybridized carbons (Fsp3) is 0.643. The molecule has 1 aliphatic rings. The van der Waals surface area contributed by atoms with Crippen LogP contribution in [0.2, 0.25) is 0 Å². The molecule has 0 spiro atoms. The van der Waals surface area contributed by atoms with Crippen molar-refractivity contribution >= 4 is 37.0 Å². The zero-order valence-electron chi connectivity index (χ0n) is 12.3. The topological polar surface area (TPSA) is 60.4 Å². The van der Waals surface area contributed by atoms with Gasteiger partial charge >= 0.3 is 5.97 Å². The molecule has 0 unspecified atom stereocenters. The Morgan fingerprint density at radius 1 is 1.38 bits per heavy atom. The number of thiophene rings is 1. The molecular formula is C14H19ClO4S2. The molecule has 1 heterocycles. The molecule has 21 heavy (non-hydrogen) atoms. The summed E-state index contributed by atoms with van der Waals surface area (Å²) in [6.45, 7) is 6.05. The number of hydrogen-bond acceptors (Lipinski definition) is 5. The maximum atomic E-state index is 12.1. The summed E-state index contributed by atoms with van der Waals surface area (Å²) < 4.78 is 28.2. The van der Waals surface area contributed by atoms with Gasteiger partial charge in [0.2, 0.25) is 0 Å². The lowest BCUT2D eigenvalue weighted by molar-refractivity contribution is 0.0100. The molecule has 1 aromatic heterocycles. The largest absolute Gasteiger partial charge is 0.458 e. The summed E-state index contributed by atoms with van der Waals surface area (Å²) in [5.41, 5.74) is 0.308. The molecule has 0 amide bonds. The molecule has 0 aliphatic heterocycles. The lowest BCUT2D eigenvalue weighted by Crippen LogP contribution is -2.28. The van der Waals surface area contributed by atoms with E-state index in [1.165, 1.54) is 6.07 Å². The highest BCUT2D eigenvalue weighted by Crippen LogP contribution is 2.37. The number of carbonyl (C=O) groups is 1. The van der Waals surface area contributed by atoms with Gasteiger partial charge in [0.15, 0.2) is 0 Å². The second-order valence-electron chi connectivity index (χ2n) is 6.24. The Hall–Kier alpha value is -0.590. The van der Waals surface area contributed by atoms with Crippen molar-refractivity contribution in [3.63, 3.8) is 0 Å². The van der Waals surface area contributed by atoms with Crippen LogP contribution >= 0.6 is 22.0 Å². The van der Waals surface area contributed by atoms with Gasteiger partial charge in [-0.3, -0.25) is 0 Å². The van der Waals surface area contributed by atoms with Crippen LogP contribution in [0.5, 0.6) is 0 Å². The molecule has 1 aromatic rings. The smallest absolute Gasteiger partial charge is 0.348 e. The van der Waals surface area contributed by atoms with Crippen molar-refractivity contribution in [2.45, 2.75) is 57.5 Å². The fourth-order valence-electron chi connectivity index (χ4n) is 2.51. The first-order chi connectivity index (χ1) is 9.58. The molecule has 2 rings (SSSR count). The summed E-state index contributed by atoms with van der Waals surface area (Å²) in [4.78, 5) is 12.9. The Morgan fingerprint density at radius 3 is 2.43 bits per heavy atom. The molecule has 0 bridgehead atoms. The minimum absolute atomic E-state index is 0.00843. The van der Waals surface area contributed by atoms with Crippen molar-refractivity contribution in [3.8, 4) is 0 Å². The Morgan fingerprint density at radius 2 is 1.95 bits per heavy atom. The summed E-state index contributed by atoms with van der Waals surface area (Å²) in [5.74, 6) is -0.459. The van der Waals surface area contributed by atoms with E-state index < -0.39 is 15.0 Å². The van der Waals surface area contributed by atoms with E-state index in [9.17, 15) is 13.2 Å². The Bertz CT molecular complexity index is 636. The summed E-state index contributed by atoms with van der Waals surface area (Å²) in [6.07, 6.45) is 3.67. The third-order valence-corrected chi connectivity index (χ3v) is 6.50. The first-order valence-electron chi connectivity index (χ1n) is 6.84. The van der Waals surface area contributed by atoms with Gasteiger partial charge in [-0.2, -0.15) is 0 Å². The van der Waals surface area contributed by atoms with Crippen LogP contribution in [0.25, 0.3) is 0 Å². The van der Waals surface area contributed by atoms with Crippen molar-refractivity contribution in [1.29, 1.82) is 0 Å². The number of rotatable bonds is 3. The predicted molar refractivity (Wildman–Crippen MR) is 83.5 cm³/mol. The van der Waals surface area contributed by atoms with Gasteiger partial charge in [-0.25, -0.2) is 13.2 Å². The van der Waals surface area contributed by atoms with Gasteiger partial charge in [0.1, 0.15) is 11.0 Å². The molecule has 4 nitrogen and oxygen atoms in total. The van der Waals surface area contributed by atoms with E-state index in [1.54, 1.807) is 6.92 Å². The van der Waals surface area contributed by atoms with Crippen LogP contribution in [0.15, 0.2) is 11.0 Å². The minimum atomic E-state index is -3.82. The van der Waals surface area contributed by atoms with E-state index in [1.807, 2.05) is 0 Å². The van der Waals surface area contributed by atoms with Gasteiger partial charge in [-0.1, -0.05) is 13.8 Å². The molecule has 1 saturated carbocycles. The van der Waals surface area contributed by atoms with Crippen molar-refractivity contribution < 1.29 is 17.9 Å². The minimum Gasteiger partial charge on any atom is -0.458 e. The van der Waals surface area contributed by atoms with E-state index >= 15 is 0 Å². The molecule has 0 radical (unpaired) electrons. The molecule has 1 fully saturated rings. The van der Waals surface area contributed by atoms with Crippen LogP contribution in [0.1, 0.15) is 54.1 Å². The highest BCUT2D eigenvalue weighted by molar-refractivity contribution is 8.13. The number of ether oxygens (including phenoxy) is 1. The molecule has 118 valence electrons. The van der Waals surface area contributed by atoms with E-state index in [2.05, 4.69) is 13.8 Å². The second-order valence-corrected chi connectivity index (χ2v) is 10.0. The Kier molecular flexibility index (Phi) is 4.71. The number of halogens is 1. The quantitative estimate of drug-likeness (QED) is 0.608. The molecule has 0 N–H and O–H groups in total. The van der Waals surface area contributed by atoms with Crippen molar-refractivity contribution in [1.82, 2.24) is 0 Å². The monoisotopic (exact) mass is 350 g/mol. The standard InChI is InChI=1S/C14H19ClO4S2/c1-9-12(21(15,17)18)8-11(20-9)13(16)19-10-4-6-14(2,3)7-5-10/h8,10H,4-7H2,1-3H3. The van der Waals surface area contributed by atoms with Gasteiger partial charge in [-0.15, -0.1) is 11.3 Å². The van der Waals surface area contributed by atoms with Gasteiger partial charge in [0.05, 0.1) is 4.90 Å². The van der Waals surface area contributed by atoms with Crippen molar-refractivity contribution in [3.05, 3.63) is 15.8 Å². The number of hydrogen-bond donors (Lipinski definition) is 0. The Labute approximate surface area is 133 Å². The van der Waals surface area contributed by atoms with Gasteiger partial charge in [0, 0.05) is 15.6 Å². The zero-order valence-corrected chi connectivity index (χ0v) is 14.7. The highest BCUT2D eigenvalue weighted by atomic mass is 35.7. The average molecular weight is 351 g/mol. The van der Waals surface area contributed by atoms with Crippen LogP contribution in [-0.2, 0) is 13.8 Å². The molecule has 0 saturated heterocycles. The highest BCUT2D eigenvalue weighted by Gasteiger charge is 2.30. The third kappa shape index (κ3) is 4.20. The predicted octanol–water partition coefficient (Wildman–Crippen LogP) is 4.11. The molecule has 1 aliphatic carbocycles. The summed E-state index contributed by atoms with van der Waals surface area (Å²) in [7, 11) is 1.51. The third-order valence-electron chi connectivity index (χ3n) is 3.90. The summed E-state index contributed by atoms with van der Waals surface area (Å²) in [6, 6.07) is 1.30. The van der Waals surface area contributed by atoms with Crippen LogP contribution < -0.4 is 0 Å². The molecular weight excluding hydrogens is 332 g/mol. The number of aryl methyl sites for hydroxylation is 1. The average Bonchev–Trinajstić information content (AvgIpc) is 2.74. The van der Waals surface area contributed by atoms with Crippen LogP contribution in [-0.4, -0.2) is 20.5 Å². The van der Waals surface area contributed by atoms with E-state index in [0.717, 1.165) is 37.0 Å². The molecule has 0 aromatic carbocycles. The van der Waals surface area contributed by atoms with Crippen LogP contribution in [0.4, 0.5) is 0 Å². The number of esters is 1. The summed E-state index contributed by atoms with van der Waals surface area (Å²) >= 11 is 1.10. The maximum absolute atomic E-state index is 12.1. The SMILES string of the molecule is Cc1sc(C(=O)OC2CCC(C)(C)CC2)cc1S(=O)(=O)Cl. The van der Waals surface area contributed by atoms with E-state index in [4.69, 9.17) is 15.4 Å².